The Morgan fingerprint density at radius 1 is 1.25 bits per heavy atom. The fourth-order valence-electron chi connectivity index (χ4n) is 3.50. The Morgan fingerprint density at radius 2 is 1.88 bits per heavy atom. The number of hydrogen-bond acceptors (Lipinski definition) is 2. The number of ether oxygens (including phenoxy) is 1. The second-order valence-corrected chi connectivity index (χ2v) is 6.45. The maximum atomic E-state index is 5.47. The summed E-state index contributed by atoms with van der Waals surface area (Å²) in [5, 5.41) is 3.64. The van der Waals surface area contributed by atoms with Crippen molar-refractivity contribution < 1.29 is 4.74 Å². The highest BCUT2D eigenvalue weighted by molar-refractivity contribution is 5.04. The molecule has 2 saturated carbocycles. The Bertz CT molecular complexity index is 229. The lowest BCUT2D eigenvalue weighted by Gasteiger charge is -2.34. The molecule has 0 radical (unpaired) electrons. The Morgan fingerprint density at radius 3 is 2.38 bits per heavy atom. The van der Waals surface area contributed by atoms with E-state index in [1.54, 1.807) is 0 Å². The lowest BCUT2D eigenvalue weighted by Crippen LogP contribution is -2.39. The largest absolute Gasteiger partial charge is 0.382 e. The van der Waals surface area contributed by atoms with Crippen LogP contribution >= 0.6 is 0 Å². The minimum atomic E-state index is 0.409. The minimum Gasteiger partial charge on any atom is -0.382 e. The summed E-state index contributed by atoms with van der Waals surface area (Å²) in [5.41, 5.74) is 0.535. The summed E-state index contributed by atoms with van der Waals surface area (Å²) in [7, 11) is 1.84. The number of rotatable bonds is 6. The lowest BCUT2D eigenvalue weighted by molar-refractivity contribution is 0.0592. The fourth-order valence-corrected chi connectivity index (χ4v) is 3.50. The van der Waals surface area contributed by atoms with Crippen LogP contribution in [0.5, 0.6) is 0 Å². The summed E-state index contributed by atoms with van der Waals surface area (Å²) in [4.78, 5) is 0. The van der Waals surface area contributed by atoms with Crippen LogP contribution in [-0.2, 0) is 4.74 Å². The van der Waals surface area contributed by atoms with Crippen LogP contribution in [0.1, 0.15) is 46.5 Å². The third-order valence-electron chi connectivity index (χ3n) is 4.47. The summed E-state index contributed by atoms with van der Waals surface area (Å²) in [5.74, 6) is 2.11. The van der Waals surface area contributed by atoms with Gasteiger partial charge in [-0.15, -0.1) is 0 Å². The van der Waals surface area contributed by atoms with E-state index >= 15 is 0 Å². The molecule has 2 fully saturated rings. The van der Waals surface area contributed by atoms with E-state index in [9.17, 15) is 0 Å². The Hall–Kier alpha value is -0.0800. The van der Waals surface area contributed by atoms with Gasteiger partial charge in [-0.2, -0.15) is 0 Å². The smallest absolute Gasteiger partial charge is 0.0549 e. The van der Waals surface area contributed by atoms with Crippen LogP contribution < -0.4 is 5.32 Å². The first-order valence-electron chi connectivity index (χ1n) is 6.81. The van der Waals surface area contributed by atoms with Gasteiger partial charge in [-0.25, -0.2) is 0 Å². The zero-order valence-electron chi connectivity index (χ0n) is 11.3. The van der Waals surface area contributed by atoms with Gasteiger partial charge >= 0.3 is 0 Å². The quantitative estimate of drug-likeness (QED) is 0.750. The summed E-state index contributed by atoms with van der Waals surface area (Å²) >= 11 is 0. The molecule has 0 aliphatic heterocycles. The van der Waals surface area contributed by atoms with E-state index < -0.39 is 0 Å². The predicted octanol–water partition coefficient (Wildman–Crippen LogP) is 2.83. The Labute approximate surface area is 100 Å². The summed E-state index contributed by atoms with van der Waals surface area (Å²) < 4.78 is 5.47. The third kappa shape index (κ3) is 2.78. The topological polar surface area (TPSA) is 21.3 Å². The van der Waals surface area contributed by atoms with Crippen molar-refractivity contribution in [3.63, 3.8) is 0 Å². The van der Waals surface area contributed by atoms with Gasteiger partial charge in [-0.1, -0.05) is 13.8 Å². The van der Waals surface area contributed by atoms with Gasteiger partial charge in [-0.05, 0) is 49.9 Å². The Balaban J connectivity index is 1.90. The van der Waals surface area contributed by atoms with Crippen molar-refractivity contribution in [1.29, 1.82) is 0 Å². The predicted molar refractivity (Wildman–Crippen MR) is 67.5 cm³/mol. The minimum absolute atomic E-state index is 0.409. The Kier molecular flexibility index (Phi) is 3.60. The first kappa shape index (κ1) is 12.4. The van der Waals surface area contributed by atoms with Gasteiger partial charge in [0.1, 0.15) is 0 Å². The molecular weight excluding hydrogens is 198 g/mol. The average molecular weight is 225 g/mol. The van der Waals surface area contributed by atoms with E-state index in [0.717, 1.165) is 11.8 Å². The van der Waals surface area contributed by atoms with Gasteiger partial charge in [0.05, 0.1) is 6.10 Å². The molecule has 3 atom stereocenters. The number of fused-ring (bicyclic) bond motifs is 1. The molecule has 3 unspecified atom stereocenters. The highest BCUT2D eigenvalue weighted by Gasteiger charge is 2.53. The van der Waals surface area contributed by atoms with Crippen molar-refractivity contribution >= 4 is 0 Å². The molecule has 0 amide bonds. The number of methoxy groups -OCH3 is 1. The van der Waals surface area contributed by atoms with Gasteiger partial charge in [0.2, 0.25) is 0 Å². The molecule has 2 aliphatic rings. The molecule has 0 saturated heterocycles. The van der Waals surface area contributed by atoms with Gasteiger partial charge in [0.25, 0.3) is 0 Å². The van der Waals surface area contributed by atoms with Crippen molar-refractivity contribution in [2.45, 2.75) is 58.6 Å². The molecular formula is C14H27NO. The van der Waals surface area contributed by atoms with Gasteiger partial charge < -0.3 is 10.1 Å². The highest BCUT2D eigenvalue weighted by Crippen LogP contribution is 2.61. The molecule has 2 heteroatoms. The van der Waals surface area contributed by atoms with E-state index in [1.807, 2.05) is 7.11 Å². The van der Waals surface area contributed by atoms with Crippen molar-refractivity contribution in [1.82, 2.24) is 5.32 Å². The van der Waals surface area contributed by atoms with E-state index in [1.165, 1.54) is 32.2 Å². The maximum Gasteiger partial charge on any atom is 0.0549 e. The third-order valence-corrected chi connectivity index (χ3v) is 4.47. The van der Waals surface area contributed by atoms with Crippen molar-refractivity contribution in [2.24, 2.45) is 17.3 Å². The van der Waals surface area contributed by atoms with Crippen LogP contribution in [0.25, 0.3) is 0 Å². The monoisotopic (exact) mass is 225 g/mol. The number of hydrogen-bond donors (Lipinski definition) is 1. The first-order chi connectivity index (χ1) is 7.54. The van der Waals surface area contributed by atoms with Crippen LogP contribution in [0.15, 0.2) is 0 Å². The van der Waals surface area contributed by atoms with Crippen molar-refractivity contribution in [3.05, 3.63) is 0 Å². The van der Waals surface area contributed by atoms with Crippen LogP contribution in [0, 0.1) is 17.3 Å². The lowest BCUT2D eigenvalue weighted by atomic mass is 9.78. The molecule has 0 aromatic heterocycles. The van der Waals surface area contributed by atoms with Crippen molar-refractivity contribution in [2.75, 3.05) is 13.7 Å². The fraction of sp³-hybridized carbons (Fsp3) is 1.00. The molecule has 2 rings (SSSR count). The van der Waals surface area contributed by atoms with Crippen LogP contribution in [0.3, 0.4) is 0 Å². The normalized spacial score (nSPS) is 38.8. The van der Waals surface area contributed by atoms with E-state index in [2.05, 4.69) is 26.1 Å². The van der Waals surface area contributed by atoms with E-state index in [0.29, 0.717) is 17.6 Å². The van der Waals surface area contributed by atoms with E-state index in [-0.39, 0.29) is 0 Å². The zero-order valence-corrected chi connectivity index (χ0v) is 11.3. The molecule has 0 heterocycles. The first-order valence-corrected chi connectivity index (χ1v) is 6.81. The van der Waals surface area contributed by atoms with Gasteiger partial charge in [0, 0.05) is 19.7 Å². The zero-order chi connectivity index (χ0) is 11.8. The van der Waals surface area contributed by atoms with Crippen LogP contribution in [0.4, 0.5) is 0 Å². The summed E-state index contributed by atoms with van der Waals surface area (Å²) in [6, 6.07) is 0.603. The van der Waals surface area contributed by atoms with Crippen LogP contribution in [-0.4, -0.2) is 25.8 Å². The van der Waals surface area contributed by atoms with Gasteiger partial charge in [-0.3, -0.25) is 0 Å². The molecule has 0 aromatic rings. The molecule has 16 heavy (non-hydrogen) atoms. The molecule has 94 valence electrons. The molecule has 0 spiro atoms. The summed E-state index contributed by atoms with van der Waals surface area (Å²) in [6.07, 6.45) is 6.02. The van der Waals surface area contributed by atoms with Gasteiger partial charge in [0.15, 0.2) is 0 Å². The molecule has 2 aliphatic carbocycles. The molecule has 0 aromatic carbocycles. The van der Waals surface area contributed by atoms with E-state index in [4.69, 9.17) is 4.74 Å². The summed E-state index contributed by atoms with van der Waals surface area (Å²) in [6.45, 7) is 7.87. The van der Waals surface area contributed by atoms with Crippen LogP contribution in [0.2, 0.25) is 0 Å². The molecule has 2 nitrogen and oxygen atoms in total. The maximum absolute atomic E-state index is 5.47. The highest BCUT2D eigenvalue weighted by atomic mass is 16.5. The van der Waals surface area contributed by atoms with Crippen molar-refractivity contribution in [3.8, 4) is 0 Å². The molecule has 1 N–H and O–H groups in total. The SMILES string of the molecule is COC(C)CC1(CNC(C)C)CC2CC2C1. The number of nitrogens with one attached hydrogen (secondary N) is 1. The second-order valence-electron chi connectivity index (χ2n) is 6.45. The second kappa shape index (κ2) is 4.66. The standard InChI is InChI=1S/C14H27NO/c1-10(2)15-9-14(6-11(3)16-4)7-12-5-13(12)8-14/h10-13,15H,5-9H2,1-4H3. The molecule has 0 bridgehead atoms. The average Bonchev–Trinajstić information content (AvgIpc) is 2.84.